The quantitative estimate of drug-likeness (QED) is 0.710. The summed E-state index contributed by atoms with van der Waals surface area (Å²) >= 11 is 1.68. The number of nitrogens with two attached hydrogens (primary N) is 1. The van der Waals surface area contributed by atoms with Crippen LogP contribution in [0.25, 0.3) is 11.4 Å². The third kappa shape index (κ3) is 3.91. The fourth-order valence-electron chi connectivity index (χ4n) is 2.99. The number of carboxylic acids is 1. The molecule has 0 bridgehead atoms. The van der Waals surface area contributed by atoms with Crippen molar-refractivity contribution in [3.05, 3.63) is 41.2 Å². The van der Waals surface area contributed by atoms with Gasteiger partial charge in [0, 0.05) is 18.5 Å². The first-order valence-corrected chi connectivity index (χ1v) is 9.83. The van der Waals surface area contributed by atoms with Gasteiger partial charge in [-0.25, -0.2) is 9.78 Å². The van der Waals surface area contributed by atoms with Crippen LogP contribution in [0.2, 0.25) is 0 Å². The third-order valence-corrected chi connectivity index (χ3v) is 5.14. The normalized spacial score (nSPS) is 14.8. The van der Waals surface area contributed by atoms with Crippen molar-refractivity contribution in [2.75, 3.05) is 18.6 Å². The molecule has 1 atom stereocenters. The lowest BCUT2D eigenvalue weighted by molar-refractivity contribution is -0.133. The van der Waals surface area contributed by atoms with Crippen LogP contribution in [-0.2, 0) is 17.8 Å². The van der Waals surface area contributed by atoms with E-state index in [1.54, 1.807) is 40.9 Å². The third-order valence-electron chi connectivity index (χ3n) is 4.50. The van der Waals surface area contributed by atoms with Crippen LogP contribution in [0.15, 0.2) is 24.3 Å². The van der Waals surface area contributed by atoms with Gasteiger partial charge in [-0.1, -0.05) is 12.1 Å². The Kier molecular flexibility index (Phi) is 5.63. The Balaban J connectivity index is 1.72. The van der Waals surface area contributed by atoms with E-state index >= 15 is 0 Å². The number of amides is 1. The van der Waals surface area contributed by atoms with E-state index in [4.69, 9.17) is 10.8 Å². The van der Waals surface area contributed by atoms with Crippen LogP contribution in [0.1, 0.15) is 28.2 Å². The molecule has 0 aliphatic carbocycles. The number of fused-ring (bicyclic) bond motifs is 1. The van der Waals surface area contributed by atoms with Gasteiger partial charge in [0.2, 0.25) is 5.91 Å². The highest BCUT2D eigenvalue weighted by atomic mass is 32.2. The summed E-state index contributed by atoms with van der Waals surface area (Å²) in [4.78, 5) is 33.1. The molecule has 0 fully saturated rings. The number of nitrogens with one attached hydrogen (secondary N) is 1. The highest BCUT2D eigenvalue weighted by Crippen LogP contribution is 2.23. The van der Waals surface area contributed by atoms with Gasteiger partial charge in [-0.2, -0.15) is 11.8 Å². The number of thioether (sulfide) groups is 1. The number of imidazole rings is 1. The van der Waals surface area contributed by atoms with Crippen LogP contribution < -0.4 is 5.73 Å². The molecular weight excluding hydrogens is 352 g/mol. The number of benzene rings is 1. The predicted octanol–water partition coefficient (Wildman–Crippen LogP) is 1.74. The number of aromatic nitrogens is 2. The zero-order valence-corrected chi connectivity index (χ0v) is 15.4. The van der Waals surface area contributed by atoms with Crippen LogP contribution in [-0.4, -0.2) is 56.4 Å². The molecule has 2 aromatic rings. The fraction of sp³-hybridized carbons (Fsp3) is 0.389. The smallest absolute Gasteiger partial charge is 0.335 e. The van der Waals surface area contributed by atoms with Crippen LogP contribution in [0, 0.1) is 0 Å². The van der Waals surface area contributed by atoms with Gasteiger partial charge >= 0.3 is 5.97 Å². The van der Waals surface area contributed by atoms with E-state index in [1.807, 2.05) is 6.26 Å². The lowest BCUT2D eigenvalue weighted by Gasteiger charge is -2.28. The van der Waals surface area contributed by atoms with E-state index in [0.29, 0.717) is 31.8 Å². The standard InChI is InChI=1S/C18H22N4O3S/c1-26-9-7-13(19)17(23)22-8-6-14-15(10-22)21-16(20-14)11-2-4-12(5-3-11)18(24)25/h2-5,13H,6-10,19H2,1H3,(H,20,21)(H,24,25)/t13-/m0/s1. The molecular formula is C18H22N4O3S. The van der Waals surface area contributed by atoms with Crippen molar-refractivity contribution in [1.29, 1.82) is 0 Å². The van der Waals surface area contributed by atoms with Crippen LogP contribution in [0.3, 0.4) is 0 Å². The van der Waals surface area contributed by atoms with E-state index < -0.39 is 12.0 Å². The second-order valence-electron chi connectivity index (χ2n) is 6.29. The molecule has 1 aromatic heterocycles. The van der Waals surface area contributed by atoms with Crippen molar-refractivity contribution >= 4 is 23.6 Å². The van der Waals surface area contributed by atoms with E-state index in [0.717, 1.165) is 22.7 Å². The number of aromatic amines is 1. The topological polar surface area (TPSA) is 112 Å². The predicted molar refractivity (Wildman–Crippen MR) is 101 cm³/mol. The number of carbonyl (C=O) groups is 2. The highest BCUT2D eigenvalue weighted by molar-refractivity contribution is 7.98. The van der Waals surface area contributed by atoms with Gasteiger partial charge in [0.15, 0.2) is 0 Å². The minimum absolute atomic E-state index is 0.0216. The van der Waals surface area contributed by atoms with Gasteiger partial charge < -0.3 is 20.7 Å². The van der Waals surface area contributed by atoms with Crippen molar-refractivity contribution in [3.8, 4) is 11.4 Å². The number of nitrogens with zero attached hydrogens (tertiary/aromatic N) is 2. The number of hydrogen-bond donors (Lipinski definition) is 3. The maximum absolute atomic E-state index is 12.5. The van der Waals surface area contributed by atoms with Gasteiger partial charge in [-0.15, -0.1) is 0 Å². The van der Waals surface area contributed by atoms with Gasteiger partial charge in [0.1, 0.15) is 5.82 Å². The monoisotopic (exact) mass is 374 g/mol. The van der Waals surface area contributed by atoms with Crippen molar-refractivity contribution in [2.45, 2.75) is 25.4 Å². The molecule has 0 saturated carbocycles. The summed E-state index contributed by atoms with van der Waals surface area (Å²) in [6.07, 6.45) is 3.35. The summed E-state index contributed by atoms with van der Waals surface area (Å²) in [5.41, 5.74) is 8.93. The van der Waals surface area contributed by atoms with Gasteiger partial charge in [0.05, 0.1) is 29.5 Å². The maximum atomic E-state index is 12.5. The number of carboxylic acid groups (broad SMARTS) is 1. The molecule has 0 spiro atoms. The largest absolute Gasteiger partial charge is 0.478 e. The van der Waals surface area contributed by atoms with Crippen LogP contribution in [0.5, 0.6) is 0 Å². The first-order valence-electron chi connectivity index (χ1n) is 8.44. The number of hydrogen-bond acceptors (Lipinski definition) is 5. The van der Waals surface area contributed by atoms with E-state index in [9.17, 15) is 9.59 Å². The molecule has 1 aliphatic heterocycles. The van der Waals surface area contributed by atoms with Gasteiger partial charge in [0.25, 0.3) is 0 Å². The van der Waals surface area contributed by atoms with Crippen molar-refractivity contribution in [1.82, 2.24) is 14.9 Å². The Morgan fingerprint density at radius 1 is 1.38 bits per heavy atom. The average molecular weight is 374 g/mol. The summed E-state index contributed by atoms with van der Waals surface area (Å²) in [7, 11) is 0. The Morgan fingerprint density at radius 2 is 2.12 bits per heavy atom. The molecule has 4 N–H and O–H groups in total. The minimum Gasteiger partial charge on any atom is -0.478 e. The lowest BCUT2D eigenvalue weighted by Crippen LogP contribution is -2.46. The summed E-state index contributed by atoms with van der Waals surface area (Å²) in [6.45, 7) is 1.09. The molecule has 1 amide bonds. The van der Waals surface area contributed by atoms with E-state index in [-0.39, 0.29) is 11.5 Å². The lowest BCUT2D eigenvalue weighted by atomic mass is 10.1. The van der Waals surface area contributed by atoms with Crippen LogP contribution in [0.4, 0.5) is 0 Å². The van der Waals surface area contributed by atoms with Crippen molar-refractivity contribution in [2.24, 2.45) is 5.73 Å². The zero-order chi connectivity index (χ0) is 18.7. The summed E-state index contributed by atoms with van der Waals surface area (Å²) < 4.78 is 0. The fourth-order valence-corrected chi connectivity index (χ4v) is 3.48. The second-order valence-corrected chi connectivity index (χ2v) is 7.28. The van der Waals surface area contributed by atoms with Crippen LogP contribution >= 0.6 is 11.8 Å². The Morgan fingerprint density at radius 3 is 2.77 bits per heavy atom. The van der Waals surface area contributed by atoms with Gasteiger partial charge in [-0.05, 0) is 30.6 Å². The highest BCUT2D eigenvalue weighted by Gasteiger charge is 2.27. The molecule has 0 unspecified atom stereocenters. The molecule has 2 heterocycles. The van der Waals surface area contributed by atoms with Crippen molar-refractivity contribution in [3.63, 3.8) is 0 Å². The number of H-pyrrole nitrogens is 1. The van der Waals surface area contributed by atoms with Crippen molar-refractivity contribution < 1.29 is 14.7 Å². The van der Waals surface area contributed by atoms with Gasteiger partial charge in [-0.3, -0.25) is 4.79 Å². The van der Waals surface area contributed by atoms with E-state index in [1.165, 1.54) is 0 Å². The summed E-state index contributed by atoms with van der Waals surface area (Å²) in [5.74, 6) is 0.578. The molecule has 26 heavy (non-hydrogen) atoms. The molecule has 8 heteroatoms. The molecule has 7 nitrogen and oxygen atoms in total. The van der Waals surface area contributed by atoms with E-state index in [2.05, 4.69) is 9.97 Å². The molecule has 138 valence electrons. The zero-order valence-electron chi connectivity index (χ0n) is 14.6. The Bertz CT molecular complexity index is 803. The molecule has 3 rings (SSSR count). The summed E-state index contributed by atoms with van der Waals surface area (Å²) in [5, 5.41) is 8.99. The molecule has 1 aromatic carbocycles. The number of aromatic carboxylic acids is 1. The average Bonchev–Trinajstić information content (AvgIpc) is 3.08. The summed E-state index contributed by atoms with van der Waals surface area (Å²) in [6, 6.07) is 6.11. The molecule has 1 aliphatic rings. The molecule has 0 radical (unpaired) electrons. The first kappa shape index (κ1) is 18.5. The number of rotatable bonds is 6. The number of carbonyl (C=O) groups excluding carboxylic acids is 1. The maximum Gasteiger partial charge on any atom is 0.335 e. The molecule has 0 saturated heterocycles. The Hall–Kier alpha value is -2.32. The second kappa shape index (κ2) is 7.92. The first-order chi connectivity index (χ1) is 12.5. The minimum atomic E-state index is -0.956. The Labute approximate surface area is 156 Å². The SMILES string of the molecule is CSCC[C@H](N)C(=O)N1CCc2nc(-c3ccc(C(=O)O)cc3)[nH]c2C1.